The molecule has 0 aliphatic rings. The van der Waals surface area contributed by atoms with Gasteiger partial charge in [-0.2, -0.15) is 0 Å². The molecule has 2 aromatic rings. The Balaban J connectivity index is 2.22. The highest BCUT2D eigenvalue weighted by Crippen LogP contribution is 2.27. The highest BCUT2D eigenvalue weighted by Gasteiger charge is 2.15. The van der Waals surface area contributed by atoms with Gasteiger partial charge in [-0.15, -0.1) is 10.2 Å². The number of aliphatic carboxylic acids is 1. The first-order valence-electron chi connectivity index (χ1n) is 5.41. The molecule has 1 heterocycles. The lowest BCUT2D eigenvalue weighted by atomic mass is 10.1. The number of rotatable bonds is 5. The predicted molar refractivity (Wildman–Crippen MR) is 69.5 cm³/mol. The topological polar surface area (TPSA) is 119 Å². The molecule has 0 radical (unpaired) electrons. The minimum atomic E-state index is -0.985. The van der Waals surface area contributed by atoms with Gasteiger partial charge in [-0.05, 0) is 19.1 Å². The van der Waals surface area contributed by atoms with Crippen molar-refractivity contribution in [3.8, 4) is 11.5 Å². The number of hydrogen-bond acceptors (Lipinski definition) is 7. The number of hydrogen-bond donors (Lipinski definition) is 1. The lowest BCUT2D eigenvalue weighted by Crippen LogP contribution is -1.97. The van der Waals surface area contributed by atoms with Gasteiger partial charge in [-0.25, -0.2) is 0 Å². The Kier molecular flexibility index (Phi) is 3.99. The number of aryl methyl sites for hydroxylation is 1. The maximum atomic E-state index is 10.7. The van der Waals surface area contributed by atoms with Gasteiger partial charge in [-0.1, -0.05) is 11.8 Å². The van der Waals surface area contributed by atoms with Crippen molar-refractivity contribution in [3.63, 3.8) is 0 Å². The van der Waals surface area contributed by atoms with E-state index in [1.807, 2.05) is 0 Å². The molecule has 9 heteroatoms. The summed E-state index contributed by atoms with van der Waals surface area (Å²) >= 11 is 0.908. The monoisotopic (exact) mass is 295 g/mol. The fourth-order valence-corrected chi connectivity index (χ4v) is 1.98. The number of carbonyl (C=O) groups is 1. The third kappa shape index (κ3) is 3.12. The van der Waals surface area contributed by atoms with Crippen LogP contribution in [0.1, 0.15) is 5.56 Å². The lowest BCUT2D eigenvalue weighted by molar-refractivity contribution is -0.385. The molecule has 0 bridgehead atoms. The molecule has 0 unspecified atom stereocenters. The number of nitro benzene ring substituents is 1. The zero-order chi connectivity index (χ0) is 14.7. The Bertz CT molecular complexity index is 670. The Morgan fingerprint density at radius 1 is 1.50 bits per heavy atom. The molecule has 0 amide bonds. The van der Waals surface area contributed by atoms with Crippen molar-refractivity contribution < 1.29 is 19.2 Å². The standard InChI is InChI=1S/C11H9N3O5S/c1-6-4-7(2-3-8(6)14(17)18)10-12-13-11(19-10)20-5-9(15)16/h2-4H,5H2,1H3,(H,15,16). The van der Waals surface area contributed by atoms with Crippen LogP contribution in [0.3, 0.4) is 0 Å². The summed E-state index contributed by atoms with van der Waals surface area (Å²) < 4.78 is 5.28. The first-order valence-corrected chi connectivity index (χ1v) is 6.39. The van der Waals surface area contributed by atoms with Gasteiger partial charge in [0.15, 0.2) is 0 Å². The fourth-order valence-electron chi connectivity index (χ4n) is 1.50. The summed E-state index contributed by atoms with van der Waals surface area (Å²) in [6.07, 6.45) is 0. The molecule has 0 spiro atoms. The van der Waals surface area contributed by atoms with Gasteiger partial charge < -0.3 is 9.52 Å². The first-order chi connectivity index (χ1) is 9.47. The first kappa shape index (κ1) is 14.0. The van der Waals surface area contributed by atoms with Gasteiger partial charge in [0.2, 0.25) is 5.89 Å². The smallest absolute Gasteiger partial charge is 0.314 e. The number of carboxylic acid groups (broad SMARTS) is 1. The van der Waals surface area contributed by atoms with Crippen molar-refractivity contribution in [3.05, 3.63) is 33.9 Å². The summed E-state index contributed by atoms with van der Waals surface area (Å²) in [6.45, 7) is 1.61. The van der Waals surface area contributed by atoms with E-state index in [1.54, 1.807) is 13.0 Å². The Morgan fingerprint density at radius 2 is 2.25 bits per heavy atom. The number of aromatic nitrogens is 2. The van der Waals surface area contributed by atoms with Crippen LogP contribution in [-0.4, -0.2) is 31.9 Å². The van der Waals surface area contributed by atoms with E-state index in [2.05, 4.69) is 10.2 Å². The molecule has 20 heavy (non-hydrogen) atoms. The molecule has 1 N–H and O–H groups in total. The average molecular weight is 295 g/mol. The van der Waals surface area contributed by atoms with E-state index < -0.39 is 10.9 Å². The van der Waals surface area contributed by atoms with Gasteiger partial charge in [-0.3, -0.25) is 14.9 Å². The minimum Gasteiger partial charge on any atom is -0.481 e. The van der Waals surface area contributed by atoms with E-state index in [9.17, 15) is 14.9 Å². The SMILES string of the molecule is Cc1cc(-c2nnc(SCC(=O)O)o2)ccc1[N+](=O)[O-]. The average Bonchev–Trinajstić information content (AvgIpc) is 2.84. The number of thioether (sulfide) groups is 1. The van der Waals surface area contributed by atoms with Crippen molar-refractivity contribution in [1.29, 1.82) is 0 Å². The number of nitrogens with zero attached hydrogens (tertiary/aromatic N) is 3. The second-order valence-corrected chi connectivity index (χ2v) is 4.74. The predicted octanol–water partition coefficient (Wildman–Crippen LogP) is 2.13. The van der Waals surface area contributed by atoms with Crippen molar-refractivity contribution in [2.75, 3.05) is 5.75 Å². The maximum absolute atomic E-state index is 10.7. The Labute approximate surface area is 117 Å². The zero-order valence-electron chi connectivity index (χ0n) is 10.3. The van der Waals surface area contributed by atoms with E-state index in [4.69, 9.17) is 9.52 Å². The maximum Gasteiger partial charge on any atom is 0.314 e. The molecular formula is C11H9N3O5S. The van der Waals surface area contributed by atoms with Crippen LogP contribution in [0.15, 0.2) is 27.8 Å². The third-order valence-corrected chi connectivity index (χ3v) is 3.17. The molecule has 0 aliphatic carbocycles. The van der Waals surface area contributed by atoms with Crippen molar-refractivity contribution in [2.45, 2.75) is 12.1 Å². The molecule has 0 saturated carbocycles. The van der Waals surface area contributed by atoms with Crippen LogP contribution >= 0.6 is 11.8 Å². The van der Waals surface area contributed by atoms with E-state index >= 15 is 0 Å². The molecule has 0 saturated heterocycles. The summed E-state index contributed by atoms with van der Waals surface area (Å²) in [4.78, 5) is 20.7. The van der Waals surface area contributed by atoms with Gasteiger partial charge in [0.05, 0.1) is 4.92 Å². The van der Waals surface area contributed by atoms with Crippen LogP contribution < -0.4 is 0 Å². The second kappa shape index (κ2) is 5.70. The van der Waals surface area contributed by atoms with E-state index in [0.717, 1.165) is 11.8 Å². The molecule has 8 nitrogen and oxygen atoms in total. The van der Waals surface area contributed by atoms with Gasteiger partial charge in [0, 0.05) is 17.2 Å². The summed E-state index contributed by atoms with van der Waals surface area (Å²) in [5.74, 6) is -0.974. The molecule has 0 fully saturated rings. The van der Waals surface area contributed by atoms with Crippen molar-refractivity contribution in [2.24, 2.45) is 0 Å². The summed E-state index contributed by atoms with van der Waals surface area (Å²) in [7, 11) is 0. The third-order valence-electron chi connectivity index (χ3n) is 2.37. The molecule has 2 rings (SSSR count). The zero-order valence-corrected chi connectivity index (χ0v) is 11.1. The summed E-state index contributed by atoms with van der Waals surface area (Å²) in [6, 6.07) is 4.43. The highest BCUT2D eigenvalue weighted by molar-refractivity contribution is 7.99. The molecule has 104 valence electrons. The normalized spacial score (nSPS) is 10.4. The number of benzene rings is 1. The second-order valence-electron chi connectivity index (χ2n) is 3.81. The summed E-state index contributed by atoms with van der Waals surface area (Å²) in [5.41, 5.74) is 1.03. The molecule has 1 aromatic carbocycles. The van der Waals surface area contributed by atoms with Gasteiger partial charge in [0.25, 0.3) is 10.9 Å². The van der Waals surface area contributed by atoms with E-state index in [1.165, 1.54) is 12.1 Å². The van der Waals surface area contributed by atoms with Crippen LogP contribution in [0.25, 0.3) is 11.5 Å². The largest absolute Gasteiger partial charge is 0.481 e. The van der Waals surface area contributed by atoms with Gasteiger partial charge in [0.1, 0.15) is 5.75 Å². The quantitative estimate of drug-likeness (QED) is 0.506. The molecule has 0 atom stereocenters. The summed E-state index contributed by atoms with van der Waals surface area (Å²) in [5, 5.41) is 26.9. The molecule has 0 aliphatic heterocycles. The Hall–Kier alpha value is -2.42. The van der Waals surface area contributed by atoms with Gasteiger partial charge >= 0.3 is 5.97 Å². The highest BCUT2D eigenvalue weighted by atomic mass is 32.2. The molecule has 1 aromatic heterocycles. The van der Waals surface area contributed by atoms with Crippen molar-refractivity contribution in [1.82, 2.24) is 10.2 Å². The molecular weight excluding hydrogens is 286 g/mol. The number of carboxylic acids is 1. The minimum absolute atomic E-state index is 0.00809. The van der Waals surface area contributed by atoms with Crippen LogP contribution in [-0.2, 0) is 4.79 Å². The number of nitro groups is 1. The van der Waals surface area contributed by atoms with E-state index in [-0.39, 0.29) is 22.6 Å². The van der Waals surface area contributed by atoms with Crippen LogP contribution in [0.5, 0.6) is 0 Å². The fraction of sp³-hybridized carbons (Fsp3) is 0.182. The lowest BCUT2D eigenvalue weighted by Gasteiger charge is -1.99. The van der Waals surface area contributed by atoms with Crippen LogP contribution in [0.2, 0.25) is 0 Å². The van der Waals surface area contributed by atoms with Crippen molar-refractivity contribution >= 4 is 23.4 Å². The van der Waals surface area contributed by atoms with Crippen LogP contribution in [0.4, 0.5) is 5.69 Å². The van der Waals surface area contributed by atoms with Crippen LogP contribution in [0, 0.1) is 17.0 Å². The Morgan fingerprint density at radius 3 is 2.85 bits per heavy atom. The van der Waals surface area contributed by atoms with E-state index in [0.29, 0.717) is 11.1 Å².